The third kappa shape index (κ3) is 3.27. The number of nitrogens with zero attached hydrogens (tertiary/aromatic N) is 3. The Morgan fingerprint density at radius 2 is 1.38 bits per heavy atom. The monoisotopic (exact) mass is 445 g/mol. The van der Waals surface area contributed by atoms with Crippen LogP contribution in [0, 0.1) is 0 Å². The first-order valence-corrected chi connectivity index (χ1v) is 11.8. The molecule has 0 aliphatic carbocycles. The number of aromatic nitrogens is 5. The molecule has 5 nitrogen and oxygen atoms in total. The fourth-order valence-corrected chi connectivity index (χ4v) is 4.66. The maximum absolute atomic E-state index is 4.92. The van der Waals surface area contributed by atoms with Gasteiger partial charge in [0, 0.05) is 35.0 Å². The first kappa shape index (κ1) is 20.6. The highest BCUT2D eigenvalue weighted by Crippen LogP contribution is 2.36. The van der Waals surface area contributed by atoms with Gasteiger partial charge < -0.3 is 9.97 Å². The van der Waals surface area contributed by atoms with Gasteiger partial charge in [0.15, 0.2) is 0 Å². The van der Waals surface area contributed by atoms with Crippen LogP contribution in [0.25, 0.3) is 55.0 Å². The molecule has 0 amide bonds. The predicted molar refractivity (Wildman–Crippen MR) is 140 cm³/mol. The Hall–Kier alpha value is -3.99. The Morgan fingerprint density at radius 1 is 0.647 bits per heavy atom. The van der Waals surface area contributed by atoms with E-state index < -0.39 is 0 Å². The fraction of sp³-hybridized carbons (Fsp3) is 0.207. The minimum atomic E-state index is 0.332. The van der Waals surface area contributed by atoms with Gasteiger partial charge in [-0.15, -0.1) is 0 Å². The van der Waals surface area contributed by atoms with Crippen molar-refractivity contribution in [2.45, 2.75) is 39.5 Å². The van der Waals surface area contributed by atoms with Gasteiger partial charge >= 0.3 is 0 Å². The summed E-state index contributed by atoms with van der Waals surface area (Å²) in [5, 5.41) is 4.66. The standard InChI is InChI=1S/C29H27N5/c1-16(2)28-31-15-25(32-28)19-7-5-18(6-8-19)20-9-10-22-23(13-20)21-11-12-30-14-24(21)27-26(22)33-29(34-27)17(3)4/h5-17H,1-4H3,(H,31,32)(H,33,34). The largest absolute Gasteiger partial charge is 0.342 e. The van der Waals surface area contributed by atoms with Crippen LogP contribution in [0.3, 0.4) is 0 Å². The van der Waals surface area contributed by atoms with Gasteiger partial charge in [0.05, 0.1) is 22.9 Å². The Bertz CT molecular complexity index is 1650. The van der Waals surface area contributed by atoms with Crippen LogP contribution in [0.1, 0.15) is 51.2 Å². The van der Waals surface area contributed by atoms with Gasteiger partial charge in [-0.05, 0) is 39.6 Å². The maximum Gasteiger partial charge on any atom is 0.109 e. The SMILES string of the molecule is CC(C)c1ncc(-c2ccc(-c3ccc4c(c3)c3ccncc3c3nc(C(C)C)[nH]c43)cc2)[nH]1. The summed E-state index contributed by atoms with van der Waals surface area (Å²) in [6.07, 6.45) is 5.71. The van der Waals surface area contributed by atoms with Crippen molar-refractivity contribution in [3.63, 3.8) is 0 Å². The second-order valence-corrected chi connectivity index (χ2v) is 9.60. The number of pyridine rings is 1. The molecule has 0 bridgehead atoms. The van der Waals surface area contributed by atoms with E-state index >= 15 is 0 Å². The molecule has 5 heteroatoms. The predicted octanol–water partition coefficient (Wildman–Crippen LogP) is 7.57. The number of H-pyrrole nitrogens is 2. The van der Waals surface area contributed by atoms with Crippen LogP contribution in [0.2, 0.25) is 0 Å². The summed E-state index contributed by atoms with van der Waals surface area (Å²) < 4.78 is 0. The summed E-state index contributed by atoms with van der Waals surface area (Å²) >= 11 is 0. The number of benzene rings is 3. The number of imidazole rings is 2. The van der Waals surface area contributed by atoms with Gasteiger partial charge in [0.25, 0.3) is 0 Å². The molecule has 0 spiro atoms. The van der Waals surface area contributed by atoms with Crippen molar-refractivity contribution in [2.24, 2.45) is 0 Å². The molecule has 34 heavy (non-hydrogen) atoms. The van der Waals surface area contributed by atoms with E-state index in [9.17, 15) is 0 Å². The summed E-state index contributed by atoms with van der Waals surface area (Å²) in [5.41, 5.74) is 6.64. The van der Waals surface area contributed by atoms with Crippen LogP contribution >= 0.6 is 0 Å². The molecular weight excluding hydrogens is 418 g/mol. The van der Waals surface area contributed by atoms with Crippen molar-refractivity contribution in [1.29, 1.82) is 0 Å². The van der Waals surface area contributed by atoms with E-state index in [0.717, 1.165) is 39.3 Å². The number of aromatic amines is 2. The number of fused-ring (bicyclic) bond motifs is 6. The molecule has 0 aliphatic rings. The summed E-state index contributed by atoms with van der Waals surface area (Å²) in [6, 6.07) is 17.5. The molecule has 0 radical (unpaired) electrons. The summed E-state index contributed by atoms with van der Waals surface area (Å²) in [4.78, 5) is 20.8. The first-order valence-electron chi connectivity index (χ1n) is 11.8. The fourth-order valence-electron chi connectivity index (χ4n) is 4.66. The van der Waals surface area contributed by atoms with Crippen molar-refractivity contribution in [2.75, 3.05) is 0 Å². The lowest BCUT2D eigenvalue weighted by Gasteiger charge is -2.09. The number of rotatable bonds is 4. The van der Waals surface area contributed by atoms with Crippen LogP contribution in [-0.4, -0.2) is 24.9 Å². The summed E-state index contributed by atoms with van der Waals surface area (Å²) in [6.45, 7) is 8.61. The Morgan fingerprint density at radius 3 is 2.12 bits per heavy atom. The summed E-state index contributed by atoms with van der Waals surface area (Å²) in [7, 11) is 0. The van der Waals surface area contributed by atoms with Crippen molar-refractivity contribution < 1.29 is 0 Å². The third-order valence-corrected chi connectivity index (χ3v) is 6.60. The first-order chi connectivity index (χ1) is 16.5. The zero-order valence-electron chi connectivity index (χ0n) is 19.8. The zero-order valence-corrected chi connectivity index (χ0v) is 19.8. The van der Waals surface area contributed by atoms with E-state index in [0.29, 0.717) is 11.8 Å². The topological polar surface area (TPSA) is 70.2 Å². The second-order valence-electron chi connectivity index (χ2n) is 9.60. The maximum atomic E-state index is 4.92. The molecule has 6 rings (SSSR count). The molecule has 3 aromatic carbocycles. The lowest BCUT2D eigenvalue weighted by Crippen LogP contribution is -1.89. The van der Waals surface area contributed by atoms with Gasteiger partial charge in [-0.1, -0.05) is 64.1 Å². The van der Waals surface area contributed by atoms with Gasteiger partial charge in [0.2, 0.25) is 0 Å². The molecule has 0 unspecified atom stereocenters. The lowest BCUT2D eigenvalue weighted by atomic mass is 9.96. The Labute approximate surface area is 198 Å². The number of hydrogen-bond donors (Lipinski definition) is 2. The van der Waals surface area contributed by atoms with Crippen molar-refractivity contribution in [3.05, 3.63) is 78.8 Å². The van der Waals surface area contributed by atoms with E-state index in [1.807, 2.05) is 18.6 Å². The minimum Gasteiger partial charge on any atom is -0.342 e. The highest BCUT2D eigenvalue weighted by molar-refractivity contribution is 6.23. The molecular formula is C29H27N5. The second kappa shape index (κ2) is 7.80. The minimum absolute atomic E-state index is 0.332. The quantitative estimate of drug-likeness (QED) is 0.275. The van der Waals surface area contributed by atoms with E-state index in [2.05, 4.69) is 96.2 Å². The molecule has 3 aromatic heterocycles. The molecule has 0 saturated carbocycles. The van der Waals surface area contributed by atoms with Crippen LogP contribution in [0.15, 0.2) is 67.1 Å². The molecule has 0 fully saturated rings. The van der Waals surface area contributed by atoms with Gasteiger partial charge in [-0.2, -0.15) is 0 Å². The molecule has 0 saturated heterocycles. The van der Waals surface area contributed by atoms with E-state index in [4.69, 9.17) is 4.98 Å². The van der Waals surface area contributed by atoms with Crippen LogP contribution in [0.5, 0.6) is 0 Å². The highest BCUT2D eigenvalue weighted by Gasteiger charge is 2.15. The van der Waals surface area contributed by atoms with Crippen LogP contribution < -0.4 is 0 Å². The van der Waals surface area contributed by atoms with Crippen molar-refractivity contribution in [3.8, 4) is 22.4 Å². The van der Waals surface area contributed by atoms with E-state index in [1.54, 1.807) is 0 Å². The molecule has 0 atom stereocenters. The smallest absolute Gasteiger partial charge is 0.109 e. The van der Waals surface area contributed by atoms with Crippen LogP contribution in [-0.2, 0) is 0 Å². The molecule has 0 aliphatic heterocycles. The van der Waals surface area contributed by atoms with Crippen molar-refractivity contribution >= 4 is 32.6 Å². The Balaban J connectivity index is 1.48. The third-order valence-electron chi connectivity index (χ3n) is 6.60. The lowest BCUT2D eigenvalue weighted by molar-refractivity contribution is 0.795. The van der Waals surface area contributed by atoms with Gasteiger partial charge in [-0.25, -0.2) is 9.97 Å². The number of nitrogens with one attached hydrogen (secondary N) is 2. The summed E-state index contributed by atoms with van der Waals surface area (Å²) in [5.74, 6) is 2.74. The van der Waals surface area contributed by atoms with Gasteiger partial charge in [0.1, 0.15) is 11.6 Å². The van der Waals surface area contributed by atoms with Gasteiger partial charge in [-0.3, -0.25) is 4.98 Å². The van der Waals surface area contributed by atoms with Crippen LogP contribution in [0.4, 0.5) is 0 Å². The average Bonchev–Trinajstić information content (AvgIpc) is 3.53. The number of hydrogen-bond acceptors (Lipinski definition) is 3. The van der Waals surface area contributed by atoms with E-state index in [-0.39, 0.29) is 0 Å². The zero-order chi connectivity index (χ0) is 23.4. The Kier molecular flexibility index (Phi) is 4.73. The van der Waals surface area contributed by atoms with Crippen molar-refractivity contribution in [1.82, 2.24) is 24.9 Å². The average molecular weight is 446 g/mol. The normalized spacial score (nSPS) is 12.1. The molecule has 168 valence electrons. The highest BCUT2D eigenvalue weighted by atomic mass is 14.9. The molecule has 3 heterocycles. The molecule has 2 N–H and O–H groups in total. The van der Waals surface area contributed by atoms with E-state index in [1.165, 1.54) is 27.3 Å². The molecule has 6 aromatic rings.